The summed E-state index contributed by atoms with van der Waals surface area (Å²) in [7, 11) is 3.07. The van der Waals surface area contributed by atoms with Crippen LogP contribution < -0.4 is 9.47 Å². The zero-order valence-corrected chi connectivity index (χ0v) is 17.3. The van der Waals surface area contributed by atoms with E-state index >= 15 is 0 Å². The summed E-state index contributed by atoms with van der Waals surface area (Å²) in [5, 5.41) is 3.90. The van der Waals surface area contributed by atoms with Crippen molar-refractivity contribution in [1.29, 1.82) is 0 Å². The third-order valence-electron chi connectivity index (χ3n) is 5.16. The van der Waals surface area contributed by atoms with Gasteiger partial charge in [0, 0.05) is 55.8 Å². The molecular weight excluding hydrogens is 400 g/mol. The maximum Gasteiger partial charge on any atom is 0.276 e. The van der Waals surface area contributed by atoms with Crippen LogP contribution in [0.2, 0.25) is 0 Å². The Hall–Kier alpha value is -3.88. The van der Waals surface area contributed by atoms with Crippen LogP contribution in [0.5, 0.6) is 11.5 Å². The molecule has 1 aromatic carbocycles. The van der Waals surface area contributed by atoms with Gasteiger partial charge in [-0.3, -0.25) is 14.6 Å². The Morgan fingerprint density at radius 2 is 1.65 bits per heavy atom. The molecular formula is C22H22N4O5. The summed E-state index contributed by atoms with van der Waals surface area (Å²) in [5.41, 5.74) is 1.49. The molecule has 0 radical (unpaired) electrons. The average molecular weight is 422 g/mol. The smallest absolute Gasteiger partial charge is 0.276 e. The SMILES string of the molecule is COc1ccc(C(=O)N2CCN(C(=O)c3cc(-c4cccnc4)on3)CC2)cc1OC. The van der Waals surface area contributed by atoms with Gasteiger partial charge in [0.1, 0.15) is 0 Å². The lowest BCUT2D eigenvalue weighted by atomic mass is 10.1. The maximum atomic E-state index is 12.9. The van der Waals surface area contributed by atoms with E-state index in [0.717, 1.165) is 5.56 Å². The highest BCUT2D eigenvalue weighted by Gasteiger charge is 2.27. The first-order valence-corrected chi connectivity index (χ1v) is 9.78. The van der Waals surface area contributed by atoms with Gasteiger partial charge in [0.05, 0.1) is 14.2 Å². The Balaban J connectivity index is 1.39. The van der Waals surface area contributed by atoms with E-state index in [1.807, 2.05) is 6.07 Å². The lowest BCUT2D eigenvalue weighted by molar-refractivity contribution is 0.0529. The Kier molecular flexibility index (Phi) is 5.83. The van der Waals surface area contributed by atoms with Gasteiger partial charge >= 0.3 is 0 Å². The molecule has 31 heavy (non-hydrogen) atoms. The molecule has 2 amide bonds. The van der Waals surface area contributed by atoms with Crippen LogP contribution in [0.15, 0.2) is 53.3 Å². The van der Waals surface area contributed by atoms with Crippen LogP contribution in [0.25, 0.3) is 11.3 Å². The first-order valence-electron chi connectivity index (χ1n) is 9.78. The molecule has 9 nitrogen and oxygen atoms in total. The van der Waals surface area contributed by atoms with Crippen molar-refractivity contribution in [2.75, 3.05) is 40.4 Å². The number of nitrogens with zero attached hydrogens (tertiary/aromatic N) is 4. The van der Waals surface area contributed by atoms with Gasteiger partial charge in [-0.25, -0.2) is 0 Å². The van der Waals surface area contributed by atoms with Gasteiger partial charge in [0.25, 0.3) is 11.8 Å². The number of methoxy groups -OCH3 is 2. The van der Waals surface area contributed by atoms with Gasteiger partial charge in [0.15, 0.2) is 23.0 Å². The number of carbonyl (C=O) groups is 2. The molecule has 4 rings (SSSR count). The topological polar surface area (TPSA) is 98.0 Å². The van der Waals surface area contributed by atoms with Crippen molar-refractivity contribution in [2.45, 2.75) is 0 Å². The number of ether oxygens (including phenoxy) is 2. The van der Waals surface area contributed by atoms with Crippen LogP contribution in [0, 0.1) is 0 Å². The Bertz CT molecular complexity index is 1070. The van der Waals surface area contributed by atoms with E-state index in [1.54, 1.807) is 59.6 Å². The van der Waals surface area contributed by atoms with Gasteiger partial charge in [-0.05, 0) is 30.3 Å². The number of pyridine rings is 1. The van der Waals surface area contributed by atoms with Crippen LogP contribution in [0.3, 0.4) is 0 Å². The summed E-state index contributed by atoms with van der Waals surface area (Å²) < 4.78 is 15.8. The molecule has 3 heterocycles. The fraction of sp³-hybridized carbons (Fsp3) is 0.273. The minimum absolute atomic E-state index is 0.117. The largest absolute Gasteiger partial charge is 0.493 e. The van der Waals surface area contributed by atoms with E-state index < -0.39 is 0 Å². The third kappa shape index (κ3) is 4.20. The zero-order valence-electron chi connectivity index (χ0n) is 17.3. The number of hydrogen-bond acceptors (Lipinski definition) is 7. The summed E-state index contributed by atoms with van der Waals surface area (Å²) in [6.07, 6.45) is 3.31. The highest BCUT2D eigenvalue weighted by molar-refractivity contribution is 5.96. The summed E-state index contributed by atoms with van der Waals surface area (Å²) in [6, 6.07) is 10.3. The van der Waals surface area contributed by atoms with Crippen molar-refractivity contribution in [3.8, 4) is 22.8 Å². The number of rotatable bonds is 5. The summed E-state index contributed by atoms with van der Waals surface area (Å²) in [6.45, 7) is 1.67. The number of aromatic nitrogens is 2. The molecule has 160 valence electrons. The third-order valence-corrected chi connectivity index (χ3v) is 5.16. The minimum atomic E-state index is -0.225. The standard InChI is InChI=1S/C22H22N4O5/c1-29-18-6-5-15(12-20(18)30-2)21(27)25-8-10-26(11-9-25)22(28)17-13-19(31-24-17)16-4-3-7-23-14-16/h3-7,12-14H,8-11H2,1-2H3. The van der Waals surface area contributed by atoms with Crippen LogP contribution in [-0.4, -0.2) is 72.2 Å². The fourth-order valence-corrected chi connectivity index (χ4v) is 3.45. The molecule has 9 heteroatoms. The van der Waals surface area contributed by atoms with Crippen LogP contribution in [0.1, 0.15) is 20.8 Å². The molecule has 2 aromatic heterocycles. The molecule has 1 fully saturated rings. The zero-order chi connectivity index (χ0) is 21.8. The van der Waals surface area contributed by atoms with Gasteiger partial charge < -0.3 is 23.8 Å². The van der Waals surface area contributed by atoms with Crippen LogP contribution in [0.4, 0.5) is 0 Å². The van der Waals surface area contributed by atoms with Crippen molar-refractivity contribution in [3.63, 3.8) is 0 Å². The van der Waals surface area contributed by atoms with E-state index in [4.69, 9.17) is 14.0 Å². The Morgan fingerprint density at radius 1 is 0.935 bits per heavy atom. The summed E-state index contributed by atoms with van der Waals surface area (Å²) >= 11 is 0. The van der Waals surface area contributed by atoms with Gasteiger partial charge in [0.2, 0.25) is 0 Å². The number of carbonyl (C=O) groups excluding carboxylic acids is 2. The first-order chi connectivity index (χ1) is 15.1. The molecule has 1 aliphatic heterocycles. The second-order valence-electron chi connectivity index (χ2n) is 6.97. The predicted molar refractivity (Wildman–Crippen MR) is 111 cm³/mol. The molecule has 0 spiro atoms. The van der Waals surface area contributed by atoms with Crippen molar-refractivity contribution in [2.24, 2.45) is 0 Å². The van der Waals surface area contributed by atoms with Crippen molar-refractivity contribution in [3.05, 3.63) is 60.0 Å². The highest BCUT2D eigenvalue weighted by atomic mass is 16.5. The average Bonchev–Trinajstić information content (AvgIpc) is 3.33. The molecule has 0 saturated carbocycles. The number of benzene rings is 1. The molecule has 0 atom stereocenters. The maximum absolute atomic E-state index is 12.9. The molecule has 0 unspecified atom stereocenters. The quantitative estimate of drug-likeness (QED) is 0.622. The van der Waals surface area contributed by atoms with E-state index in [9.17, 15) is 9.59 Å². The number of piperazine rings is 1. The van der Waals surface area contributed by atoms with Crippen LogP contribution >= 0.6 is 0 Å². The molecule has 0 bridgehead atoms. The Labute approximate surface area is 179 Å². The first kappa shape index (κ1) is 20.4. The van der Waals surface area contributed by atoms with Crippen molar-refractivity contribution >= 4 is 11.8 Å². The predicted octanol–water partition coefficient (Wildman–Crippen LogP) is 2.35. The molecule has 0 aliphatic carbocycles. The highest BCUT2D eigenvalue weighted by Crippen LogP contribution is 2.28. The normalized spacial score (nSPS) is 13.7. The van der Waals surface area contributed by atoms with E-state index in [1.165, 1.54) is 7.11 Å². The lowest BCUT2D eigenvalue weighted by Crippen LogP contribution is -2.50. The molecule has 0 N–H and O–H groups in total. The minimum Gasteiger partial charge on any atom is -0.493 e. The van der Waals surface area contributed by atoms with Gasteiger partial charge in [-0.2, -0.15) is 0 Å². The van der Waals surface area contributed by atoms with E-state index in [-0.39, 0.29) is 17.5 Å². The number of hydrogen-bond donors (Lipinski definition) is 0. The summed E-state index contributed by atoms with van der Waals surface area (Å²) in [5.74, 6) is 1.20. The monoisotopic (exact) mass is 422 g/mol. The molecule has 1 aliphatic rings. The number of amides is 2. The second kappa shape index (κ2) is 8.86. The van der Waals surface area contributed by atoms with Gasteiger partial charge in [-0.1, -0.05) is 5.16 Å². The lowest BCUT2D eigenvalue weighted by Gasteiger charge is -2.34. The fourth-order valence-electron chi connectivity index (χ4n) is 3.45. The van der Waals surface area contributed by atoms with Crippen molar-refractivity contribution < 1.29 is 23.6 Å². The molecule has 1 saturated heterocycles. The Morgan fingerprint density at radius 3 is 2.29 bits per heavy atom. The second-order valence-corrected chi connectivity index (χ2v) is 6.97. The van der Waals surface area contributed by atoms with Crippen molar-refractivity contribution in [1.82, 2.24) is 19.9 Å². The molecule has 3 aromatic rings. The summed E-state index contributed by atoms with van der Waals surface area (Å²) in [4.78, 5) is 33.1. The van der Waals surface area contributed by atoms with Gasteiger partial charge in [-0.15, -0.1) is 0 Å². The van der Waals surface area contributed by atoms with E-state index in [2.05, 4.69) is 10.1 Å². The van der Waals surface area contributed by atoms with E-state index in [0.29, 0.717) is 49.0 Å². The van der Waals surface area contributed by atoms with Crippen LogP contribution in [-0.2, 0) is 0 Å².